The zero-order valence-electron chi connectivity index (χ0n) is 9.94. The van der Waals surface area contributed by atoms with E-state index in [0.29, 0.717) is 0 Å². The Bertz CT molecular complexity index is 530. The molecule has 0 spiro atoms. The summed E-state index contributed by atoms with van der Waals surface area (Å²) in [5, 5.41) is 1.51. The van der Waals surface area contributed by atoms with Crippen molar-refractivity contribution in [2.24, 2.45) is 0 Å². The van der Waals surface area contributed by atoms with Crippen LogP contribution in [-0.2, 0) is 0 Å². The van der Waals surface area contributed by atoms with Gasteiger partial charge < -0.3 is 0 Å². The fourth-order valence-electron chi connectivity index (χ4n) is 1.27. The molecule has 0 aliphatic heterocycles. The minimum Gasteiger partial charge on any atom is -0.0985 e. The van der Waals surface area contributed by atoms with Crippen LogP contribution in [0.15, 0.2) is 61.7 Å². The van der Waals surface area contributed by atoms with E-state index in [9.17, 15) is 0 Å². The third-order valence-electron chi connectivity index (χ3n) is 2.21. The maximum Gasteiger partial charge on any atom is 0.0478 e. The molecule has 92 valence electrons. The van der Waals surface area contributed by atoms with E-state index in [1.165, 1.54) is 0 Å². The molecular weight excluding hydrogens is 263 g/mol. The molecule has 0 saturated carbocycles. The van der Waals surface area contributed by atoms with E-state index in [1.807, 2.05) is 48.5 Å². The first kappa shape index (κ1) is 14.6. The summed E-state index contributed by atoms with van der Waals surface area (Å²) in [5.41, 5.74) is 2.04. The molecule has 0 N–H and O–H groups in total. The Labute approximate surface area is 118 Å². The summed E-state index contributed by atoms with van der Waals surface area (Å²) in [6.07, 6.45) is 3.51. The summed E-state index contributed by atoms with van der Waals surface area (Å²) >= 11 is 11.4. The van der Waals surface area contributed by atoms with Gasteiger partial charge in [-0.05, 0) is 29.3 Å². The van der Waals surface area contributed by atoms with Gasteiger partial charge in [-0.15, -0.1) is 0 Å². The fraction of sp³-hybridized carbons (Fsp3) is 0. The summed E-state index contributed by atoms with van der Waals surface area (Å²) in [7, 11) is 0. The average Bonchev–Trinajstić information content (AvgIpc) is 2.40. The molecule has 2 heteroatoms. The Balaban J connectivity index is 0.000000180. The van der Waals surface area contributed by atoms with Crippen molar-refractivity contribution in [1.82, 2.24) is 0 Å². The van der Waals surface area contributed by atoms with Gasteiger partial charge in [-0.1, -0.05) is 78.8 Å². The minimum atomic E-state index is 0.757. The van der Waals surface area contributed by atoms with Crippen LogP contribution in [0.4, 0.5) is 0 Å². The Morgan fingerprint density at radius 2 is 1.56 bits per heavy atom. The third kappa shape index (κ3) is 4.79. The molecule has 0 bridgehead atoms. The van der Waals surface area contributed by atoms with E-state index in [4.69, 9.17) is 23.2 Å². The van der Waals surface area contributed by atoms with Crippen LogP contribution in [-0.4, -0.2) is 0 Å². The molecule has 2 rings (SSSR count). The van der Waals surface area contributed by atoms with Crippen molar-refractivity contribution in [2.75, 3.05) is 0 Å². The lowest BCUT2D eigenvalue weighted by Crippen LogP contribution is -1.69. The summed E-state index contributed by atoms with van der Waals surface area (Å²) in [4.78, 5) is 0. The number of halogens is 2. The Hall–Kier alpha value is -1.50. The van der Waals surface area contributed by atoms with Crippen molar-refractivity contribution in [3.63, 3.8) is 0 Å². The summed E-state index contributed by atoms with van der Waals surface area (Å²) in [6, 6.07) is 15.2. The highest BCUT2D eigenvalue weighted by Gasteiger charge is 1.89. The standard InChI is InChI=1S/2C8H7Cl/c1-2-7-4-3-5-8(9)6-7;1-2-7-5-3-4-6-8(7)9/h2*2-6H,1H2. The Morgan fingerprint density at radius 3 is 2.00 bits per heavy atom. The molecule has 0 atom stereocenters. The zero-order valence-corrected chi connectivity index (χ0v) is 11.5. The summed E-state index contributed by atoms with van der Waals surface area (Å²) < 4.78 is 0. The van der Waals surface area contributed by atoms with Gasteiger partial charge in [0.2, 0.25) is 0 Å². The topological polar surface area (TPSA) is 0 Å². The van der Waals surface area contributed by atoms with Crippen LogP contribution >= 0.6 is 23.2 Å². The largest absolute Gasteiger partial charge is 0.0985 e. The Kier molecular flexibility index (Phi) is 6.27. The van der Waals surface area contributed by atoms with E-state index in [2.05, 4.69) is 13.2 Å². The minimum absolute atomic E-state index is 0.757. The van der Waals surface area contributed by atoms with Gasteiger partial charge in [0, 0.05) is 10.0 Å². The highest BCUT2D eigenvalue weighted by molar-refractivity contribution is 6.32. The van der Waals surface area contributed by atoms with Crippen molar-refractivity contribution in [3.8, 4) is 0 Å². The molecule has 0 radical (unpaired) electrons. The van der Waals surface area contributed by atoms with Crippen LogP contribution in [0, 0.1) is 0 Å². The molecule has 0 amide bonds. The molecular formula is C16H14Cl2. The van der Waals surface area contributed by atoms with Gasteiger partial charge in [0.05, 0.1) is 0 Å². The number of rotatable bonds is 2. The molecule has 0 heterocycles. The lowest BCUT2D eigenvalue weighted by Gasteiger charge is -1.92. The van der Waals surface area contributed by atoms with Crippen molar-refractivity contribution in [3.05, 3.63) is 82.9 Å². The van der Waals surface area contributed by atoms with E-state index in [0.717, 1.165) is 21.2 Å². The lowest BCUT2D eigenvalue weighted by atomic mass is 10.2. The van der Waals surface area contributed by atoms with Crippen molar-refractivity contribution in [2.45, 2.75) is 0 Å². The predicted molar refractivity (Wildman–Crippen MR) is 83.1 cm³/mol. The van der Waals surface area contributed by atoms with Gasteiger partial charge in [-0.3, -0.25) is 0 Å². The average molecular weight is 277 g/mol. The zero-order chi connectivity index (χ0) is 13.4. The third-order valence-corrected chi connectivity index (χ3v) is 2.79. The molecule has 0 unspecified atom stereocenters. The van der Waals surface area contributed by atoms with E-state index in [-0.39, 0.29) is 0 Å². The van der Waals surface area contributed by atoms with Crippen LogP contribution < -0.4 is 0 Å². The van der Waals surface area contributed by atoms with Crippen molar-refractivity contribution in [1.29, 1.82) is 0 Å². The van der Waals surface area contributed by atoms with Crippen LogP contribution in [0.25, 0.3) is 12.2 Å². The second kappa shape index (κ2) is 7.75. The van der Waals surface area contributed by atoms with Gasteiger partial charge in [0.15, 0.2) is 0 Å². The van der Waals surface area contributed by atoms with Gasteiger partial charge in [-0.2, -0.15) is 0 Å². The first-order chi connectivity index (χ1) is 8.67. The molecule has 0 aliphatic rings. The van der Waals surface area contributed by atoms with E-state index in [1.54, 1.807) is 12.2 Å². The molecule has 0 aliphatic carbocycles. The number of hydrogen-bond donors (Lipinski definition) is 0. The van der Waals surface area contributed by atoms with Gasteiger partial charge in [0.1, 0.15) is 0 Å². The fourth-order valence-corrected chi connectivity index (χ4v) is 1.69. The molecule has 0 saturated heterocycles. The SMILES string of the molecule is C=Cc1cccc(Cl)c1.C=Cc1ccccc1Cl. The predicted octanol–water partition coefficient (Wildman–Crippen LogP) is 5.97. The highest BCUT2D eigenvalue weighted by Crippen LogP contribution is 2.14. The van der Waals surface area contributed by atoms with Crippen LogP contribution in [0.1, 0.15) is 11.1 Å². The van der Waals surface area contributed by atoms with Crippen molar-refractivity contribution >= 4 is 35.4 Å². The van der Waals surface area contributed by atoms with Crippen molar-refractivity contribution < 1.29 is 0 Å². The van der Waals surface area contributed by atoms with Gasteiger partial charge >= 0.3 is 0 Å². The normalized spacial score (nSPS) is 9.00. The molecule has 18 heavy (non-hydrogen) atoms. The molecule has 0 fully saturated rings. The lowest BCUT2D eigenvalue weighted by molar-refractivity contribution is 1.66. The Morgan fingerprint density at radius 1 is 0.833 bits per heavy atom. The molecule has 2 aromatic carbocycles. The first-order valence-corrected chi connectivity index (χ1v) is 6.18. The van der Waals surface area contributed by atoms with E-state index >= 15 is 0 Å². The number of hydrogen-bond acceptors (Lipinski definition) is 0. The molecule has 2 aromatic rings. The van der Waals surface area contributed by atoms with Crippen LogP contribution in [0.5, 0.6) is 0 Å². The molecule has 0 aromatic heterocycles. The second-order valence-corrected chi connectivity index (χ2v) is 4.33. The van der Waals surface area contributed by atoms with Gasteiger partial charge in [0.25, 0.3) is 0 Å². The summed E-state index contributed by atoms with van der Waals surface area (Å²) in [6.45, 7) is 7.22. The monoisotopic (exact) mass is 276 g/mol. The smallest absolute Gasteiger partial charge is 0.0478 e. The maximum absolute atomic E-state index is 5.75. The highest BCUT2D eigenvalue weighted by atomic mass is 35.5. The summed E-state index contributed by atoms with van der Waals surface area (Å²) in [5.74, 6) is 0. The van der Waals surface area contributed by atoms with Crippen LogP contribution in [0.2, 0.25) is 10.0 Å². The number of benzene rings is 2. The van der Waals surface area contributed by atoms with Gasteiger partial charge in [-0.25, -0.2) is 0 Å². The first-order valence-electron chi connectivity index (χ1n) is 5.42. The molecule has 0 nitrogen and oxygen atoms in total. The quantitative estimate of drug-likeness (QED) is 0.634. The van der Waals surface area contributed by atoms with Crippen LogP contribution in [0.3, 0.4) is 0 Å². The second-order valence-electron chi connectivity index (χ2n) is 3.48. The van der Waals surface area contributed by atoms with E-state index < -0.39 is 0 Å². The maximum atomic E-state index is 5.75.